The second kappa shape index (κ2) is 12.7. The summed E-state index contributed by atoms with van der Waals surface area (Å²) >= 11 is 6.86. The number of benzene rings is 2. The van der Waals surface area contributed by atoms with Gasteiger partial charge in [-0.05, 0) is 23.3 Å². The Bertz CT molecular complexity index is 601. The fourth-order valence-corrected chi connectivity index (χ4v) is 2.77. The Balaban J connectivity index is 0.000000405. The molecule has 0 aliphatic rings. The molecule has 0 radical (unpaired) electrons. The molecule has 0 aromatic heterocycles. The van der Waals surface area contributed by atoms with Crippen molar-refractivity contribution in [2.24, 2.45) is 0 Å². The Labute approximate surface area is 158 Å². The third-order valence-corrected chi connectivity index (χ3v) is 4.00. The average molecular weight is 460 g/mol. The van der Waals surface area contributed by atoms with E-state index in [0.29, 0.717) is 0 Å². The SMILES string of the molecule is BrCc1ccccc1CBr.CC.O=C(O)c1ccccc1C(=O)O. The van der Waals surface area contributed by atoms with E-state index in [-0.39, 0.29) is 11.1 Å². The van der Waals surface area contributed by atoms with Gasteiger partial charge in [0.25, 0.3) is 0 Å². The molecule has 0 bridgehead atoms. The van der Waals surface area contributed by atoms with Crippen molar-refractivity contribution in [3.8, 4) is 0 Å². The Kier molecular flexibility index (Phi) is 11.8. The lowest BCUT2D eigenvalue weighted by Gasteiger charge is -2.00. The van der Waals surface area contributed by atoms with Crippen LogP contribution in [0.15, 0.2) is 48.5 Å². The minimum Gasteiger partial charge on any atom is -0.478 e. The molecule has 0 spiro atoms. The van der Waals surface area contributed by atoms with Crippen LogP contribution >= 0.6 is 31.9 Å². The van der Waals surface area contributed by atoms with Gasteiger partial charge in [0.1, 0.15) is 0 Å². The molecule has 0 saturated carbocycles. The maximum atomic E-state index is 10.5. The van der Waals surface area contributed by atoms with Crippen LogP contribution in [-0.2, 0) is 10.7 Å². The summed E-state index contributed by atoms with van der Waals surface area (Å²) in [6.07, 6.45) is 0. The number of halogens is 2. The van der Waals surface area contributed by atoms with E-state index in [0.717, 1.165) is 10.7 Å². The standard InChI is InChI=1S/C8H8Br2.C8H6O4.C2H6/c9-5-7-3-1-2-4-8(7)6-10;9-7(10)5-3-1-2-4-6(5)8(11)12;1-2/h1-4H,5-6H2;1-4H,(H,9,10)(H,11,12);1-2H3. The zero-order valence-corrected chi connectivity index (χ0v) is 16.7. The zero-order valence-electron chi connectivity index (χ0n) is 13.5. The first-order chi connectivity index (χ1) is 11.5. The third-order valence-electron chi connectivity index (χ3n) is 2.79. The fourth-order valence-electron chi connectivity index (χ4n) is 1.67. The van der Waals surface area contributed by atoms with Crippen molar-refractivity contribution in [3.63, 3.8) is 0 Å². The summed E-state index contributed by atoms with van der Waals surface area (Å²) in [6.45, 7) is 4.00. The summed E-state index contributed by atoms with van der Waals surface area (Å²) in [5.74, 6) is -2.46. The topological polar surface area (TPSA) is 74.6 Å². The quantitative estimate of drug-likeness (QED) is 0.584. The largest absolute Gasteiger partial charge is 0.478 e. The Morgan fingerprint density at radius 1 is 0.750 bits per heavy atom. The van der Waals surface area contributed by atoms with Gasteiger partial charge < -0.3 is 10.2 Å². The van der Waals surface area contributed by atoms with Crippen molar-refractivity contribution in [1.82, 2.24) is 0 Å². The van der Waals surface area contributed by atoms with Crippen LogP contribution in [0.1, 0.15) is 45.7 Å². The van der Waals surface area contributed by atoms with Gasteiger partial charge in [-0.1, -0.05) is 82.1 Å². The minimum absolute atomic E-state index is 0.190. The number of hydrogen-bond donors (Lipinski definition) is 2. The van der Waals surface area contributed by atoms with Crippen molar-refractivity contribution in [2.45, 2.75) is 24.5 Å². The summed E-state index contributed by atoms with van der Waals surface area (Å²) in [7, 11) is 0. The van der Waals surface area contributed by atoms with E-state index in [9.17, 15) is 9.59 Å². The zero-order chi connectivity index (χ0) is 18.5. The first-order valence-corrected chi connectivity index (χ1v) is 9.49. The number of carboxylic acid groups (broad SMARTS) is 2. The van der Waals surface area contributed by atoms with Crippen LogP contribution in [0.4, 0.5) is 0 Å². The molecule has 130 valence electrons. The van der Waals surface area contributed by atoms with Crippen LogP contribution < -0.4 is 0 Å². The van der Waals surface area contributed by atoms with Crippen LogP contribution in [0.25, 0.3) is 0 Å². The van der Waals surface area contributed by atoms with Crippen LogP contribution in [0, 0.1) is 0 Å². The van der Waals surface area contributed by atoms with E-state index in [1.54, 1.807) is 0 Å². The molecule has 0 atom stereocenters. The lowest BCUT2D eigenvalue weighted by Crippen LogP contribution is -2.06. The molecule has 0 aliphatic carbocycles. The molecular weight excluding hydrogens is 440 g/mol. The number of alkyl halides is 2. The highest BCUT2D eigenvalue weighted by molar-refractivity contribution is 9.09. The van der Waals surface area contributed by atoms with Gasteiger partial charge in [-0.2, -0.15) is 0 Å². The van der Waals surface area contributed by atoms with E-state index in [4.69, 9.17) is 10.2 Å². The molecule has 2 N–H and O–H groups in total. The number of hydrogen-bond acceptors (Lipinski definition) is 2. The summed E-state index contributed by atoms with van der Waals surface area (Å²) in [5, 5.41) is 19.0. The molecule has 0 heterocycles. The van der Waals surface area contributed by atoms with Crippen LogP contribution in [-0.4, -0.2) is 22.2 Å². The maximum absolute atomic E-state index is 10.5. The molecule has 0 amide bonds. The minimum atomic E-state index is -1.23. The number of rotatable bonds is 4. The third kappa shape index (κ3) is 7.27. The smallest absolute Gasteiger partial charge is 0.336 e. The van der Waals surface area contributed by atoms with Crippen LogP contribution in [0.3, 0.4) is 0 Å². The van der Waals surface area contributed by atoms with Gasteiger partial charge in [-0.25, -0.2) is 9.59 Å². The number of carboxylic acids is 2. The monoisotopic (exact) mass is 458 g/mol. The van der Waals surface area contributed by atoms with E-state index in [1.165, 1.54) is 35.4 Å². The van der Waals surface area contributed by atoms with Crippen molar-refractivity contribution in [1.29, 1.82) is 0 Å². The van der Waals surface area contributed by atoms with Gasteiger partial charge in [-0.3, -0.25) is 0 Å². The highest BCUT2D eigenvalue weighted by Crippen LogP contribution is 2.14. The van der Waals surface area contributed by atoms with Crippen LogP contribution in [0.2, 0.25) is 0 Å². The van der Waals surface area contributed by atoms with Gasteiger partial charge in [0.05, 0.1) is 11.1 Å². The first-order valence-electron chi connectivity index (χ1n) is 7.25. The van der Waals surface area contributed by atoms with E-state index in [1.807, 2.05) is 13.8 Å². The molecule has 2 aromatic rings. The van der Waals surface area contributed by atoms with Crippen molar-refractivity contribution in [3.05, 3.63) is 70.8 Å². The van der Waals surface area contributed by atoms with Crippen molar-refractivity contribution in [2.75, 3.05) is 0 Å². The highest BCUT2D eigenvalue weighted by atomic mass is 79.9. The summed E-state index contributed by atoms with van der Waals surface area (Å²) < 4.78 is 0. The highest BCUT2D eigenvalue weighted by Gasteiger charge is 2.13. The van der Waals surface area contributed by atoms with Crippen LogP contribution in [0.5, 0.6) is 0 Å². The number of aromatic carboxylic acids is 2. The van der Waals surface area contributed by atoms with E-state index in [2.05, 4.69) is 56.1 Å². The molecule has 6 heteroatoms. The fraction of sp³-hybridized carbons (Fsp3) is 0.222. The van der Waals surface area contributed by atoms with E-state index < -0.39 is 11.9 Å². The predicted octanol–water partition coefficient (Wildman–Crippen LogP) is 5.59. The molecular formula is C18H20Br2O4. The molecule has 0 fully saturated rings. The molecule has 0 aliphatic heterocycles. The molecule has 2 rings (SSSR count). The summed E-state index contributed by atoms with van der Waals surface area (Å²) in [6, 6.07) is 13.9. The predicted molar refractivity (Wildman–Crippen MR) is 103 cm³/mol. The second-order valence-electron chi connectivity index (χ2n) is 4.19. The van der Waals surface area contributed by atoms with Gasteiger partial charge in [0.2, 0.25) is 0 Å². The van der Waals surface area contributed by atoms with Gasteiger partial charge in [-0.15, -0.1) is 0 Å². The van der Waals surface area contributed by atoms with Crippen molar-refractivity contribution < 1.29 is 19.8 Å². The lowest BCUT2D eigenvalue weighted by atomic mass is 10.1. The van der Waals surface area contributed by atoms with Gasteiger partial charge in [0, 0.05) is 10.7 Å². The average Bonchev–Trinajstić information content (AvgIpc) is 2.63. The molecule has 4 nitrogen and oxygen atoms in total. The summed E-state index contributed by atoms with van der Waals surface area (Å²) in [4.78, 5) is 20.9. The van der Waals surface area contributed by atoms with Gasteiger partial charge in [0.15, 0.2) is 0 Å². The first kappa shape index (κ1) is 22.3. The Morgan fingerprint density at radius 2 is 1.04 bits per heavy atom. The maximum Gasteiger partial charge on any atom is 0.336 e. The second-order valence-corrected chi connectivity index (χ2v) is 5.31. The molecule has 0 unspecified atom stereocenters. The van der Waals surface area contributed by atoms with E-state index >= 15 is 0 Å². The number of carbonyl (C=O) groups is 2. The Hall–Kier alpha value is -1.66. The lowest BCUT2D eigenvalue weighted by molar-refractivity contribution is 0.0651. The van der Waals surface area contributed by atoms with Crippen molar-refractivity contribution >= 4 is 43.8 Å². The van der Waals surface area contributed by atoms with Gasteiger partial charge >= 0.3 is 11.9 Å². The summed E-state index contributed by atoms with van der Waals surface area (Å²) in [5.41, 5.74) is 2.34. The molecule has 24 heavy (non-hydrogen) atoms. The Morgan fingerprint density at radius 3 is 1.29 bits per heavy atom. The molecule has 0 saturated heterocycles. The molecule has 2 aromatic carbocycles. The normalized spacial score (nSPS) is 9.00.